The Morgan fingerprint density at radius 2 is 1.32 bits per heavy atom. The van der Waals surface area contributed by atoms with Gasteiger partial charge >= 0.3 is 21.6 Å². The van der Waals surface area contributed by atoms with Gasteiger partial charge in [-0.25, -0.2) is 4.79 Å². The largest absolute Gasteiger partial charge is 0.534 e. The molecule has 0 unspecified atom stereocenters. The van der Waals surface area contributed by atoms with Crippen LogP contribution >= 0.6 is 46.4 Å². The van der Waals surface area contributed by atoms with Gasteiger partial charge in [-0.1, -0.05) is 61.3 Å². The summed E-state index contributed by atoms with van der Waals surface area (Å²) < 4.78 is 67.6. The first kappa shape index (κ1) is 35.6. The van der Waals surface area contributed by atoms with Crippen molar-refractivity contribution in [2.45, 2.75) is 33.2 Å². The van der Waals surface area contributed by atoms with Crippen LogP contribution in [-0.2, 0) is 27.7 Å². The van der Waals surface area contributed by atoms with E-state index in [4.69, 9.17) is 46.4 Å². The van der Waals surface area contributed by atoms with Gasteiger partial charge in [0.25, 0.3) is 11.8 Å². The van der Waals surface area contributed by atoms with E-state index in [1.54, 1.807) is 0 Å². The molecule has 4 rings (SSSR count). The van der Waals surface area contributed by atoms with E-state index in [9.17, 15) is 36.0 Å². The van der Waals surface area contributed by atoms with Crippen molar-refractivity contribution in [1.29, 1.82) is 0 Å². The molecule has 0 radical (unpaired) electrons. The number of methoxy groups -OCH3 is 1. The van der Waals surface area contributed by atoms with E-state index in [2.05, 4.69) is 19.6 Å². The molecule has 0 bridgehead atoms. The quantitative estimate of drug-likeness (QED) is 0.239. The highest BCUT2D eigenvalue weighted by atomic mass is 35.5. The van der Waals surface area contributed by atoms with Crippen LogP contribution in [-0.4, -0.2) is 51.9 Å². The fourth-order valence-electron chi connectivity index (χ4n) is 3.51. The lowest BCUT2D eigenvalue weighted by Gasteiger charge is -2.20. The molecule has 222 valence electrons. The Kier molecular flexibility index (Phi) is 12.0. The number of amides is 2. The third-order valence-corrected chi connectivity index (χ3v) is 7.62. The number of rotatable bonds is 3. The molecule has 0 saturated carbocycles. The maximum Gasteiger partial charge on any atom is 0.534 e. The van der Waals surface area contributed by atoms with Gasteiger partial charge in [0.2, 0.25) is 0 Å². The number of hydrogen-bond acceptors (Lipinski definition) is 7. The summed E-state index contributed by atoms with van der Waals surface area (Å²) in [6, 6.07) is 2.46. The average molecular weight is 670 g/mol. The molecule has 2 aromatic rings. The third-order valence-electron chi connectivity index (χ3n) is 5.27. The minimum atomic E-state index is -5.91. The molecule has 17 heteroatoms. The Balaban J connectivity index is 0.000000388. The van der Waals surface area contributed by atoms with Crippen LogP contribution in [0, 0.1) is 0 Å². The van der Waals surface area contributed by atoms with Gasteiger partial charge in [-0.2, -0.15) is 21.6 Å². The van der Waals surface area contributed by atoms with E-state index < -0.39 is 43.3 Å². The minimum Gasteiger partial charge on any atom is -0.465 e. The number of alkyl halides is 3. The van der Waals surface area contributed by atoms with Crippen molar-refractivity contribution in [2.75, 3.05) is 20.2 Å². The van der Waals surface area contributed by atoms with Crippen molar-refractivity contribution in [2.24, 2.45) is 0 Å². The molecule has 40 heavy (non-hydrogen) atoms. The molecule has 0 saturated heterocycles. The van der Waals surface area contributed by atoms with Crippen molar-refractivity contribution in [3.8, 4) is 5.75 Å². The van der Waals surface area contributed by atoms with E-state index in [-0.39, 0.29) is 60.5 Å². The van der Waals surface area contributed by atoms with Crippen molar-refractivity contribution in [3.05, 3.63) is 60.0 Å². The highest BCUT2D eigenvalue weighted by molar-refractivity contribution is 7.88. The van der Waals surface area contributed by atoms with Crippen LogP contribution in [0.1, 0.15) is 57.1 Å². The zero-order chi connectivity index (χ0) is 28.6. The normalized spacial score (nSPS) is 14.0. The second-order valence-electron chi connectivity index (χ2n) is 7.59. The summed E-state index contributed by atoms with van der Waals surface area (Å²) in [5.74, 6) is -2.19. The molecule has 9 nitrogen and oxygen atoms in total. The molecular formula is C23H23Cl4F3N2O7S. The van der Waals surface area contributed by atoms with Gasteiger partial charge < -0.3 is 19.6 Å². The zero-order valence-corrected chi connectivity index (χ0v) is 22.7. The zero-order valence-electron chi connectivity index (χ0n) is 18.9. The number of hydrogen-bond donors (Lipinski definition) is 2. The lowest BCUT2D eigenvalue weighted by Crippen LogP contribution is -2.32. The molecule has 0 fully saturated rings. The van der Waals surface area contributed by atoms with Crippen LogP contribution in [0.5, 0.6) is 5.75 Å². The van der Waals surface area contributed by atoms with Crippen LogP contribution in [0.3, 0.4) is 0 Å². The summed E-state index contributed by atoms with van der Waals surface area (Å²) in [6.45, 7) is 0.701. The lowest BCUT2D eigenvalue weighted by atomic mass is 9.97. The van der Waals surface area contributed by atoms with E-state index >= 15 is 0 Å². The topological polar surface area (TPSA) is 128 Å². The standard InChI is InChI=1S/C11H9Cl2NO3.C10H6Cl2F3NO4S.2CH4/c1-17-11(16)8-7(12)4-6-5(9(8)13)2-3-14-10(6)15;11-6-3-5-4(1-2-16-9(5)17)7(12)8(6)20-21(18,19)10(13,14)15;;/h4H,2-3H2,1H3,(H,14,15);3H,1-2H2,(H,16,17);2*1H4. The van der Waals surface area contributed by atoms with Crippen LogP contribution in [0.25, 0.3) is 0 Å². The van der Waals surface area contributed by atoms with Crippen LogP contribution < -0.4 is 14.8 Å². The number of halogens is 7. The molecular weight excluding hydrogens is 647 g/mol. The number of carbonyl (C=O) groups is 3. The number of carbonyl (C=O) groups excluding carboxylic acids is 3. The number of esters is 1. The summed E-state index contributed by atoms with van der Waals surface area (Å²) in [6.07, 6.45) is 0.778. The number of benzene rings is 2. The predicted molar refractivity (Wildman–Crippen MR) is 145 cm³/mol. The fraction of sp³-hybridized carbons (Fsp3) is 0.348. The second-order valence-corrected chi connectivity index (χ2v) is 10.7. The van der Waals surface area contributed by atoms with E-state index in [1.807, 2.05) is 0 Å². The average Bonchev–Trinajstić information content (AvgIpc) is 2.83. The molecule has 0 aromatic heterocycles. The summed E-state index contributed by atoms with van der Waals surface area (Å²) in [5, 5.41) is 4.56. The molecule has 2 N–H and O–H groups in total. The van der Waals surface area contributed by atoms with Gasteiger partial charge in [0.1, 0.15) is 0 Å². The maximum atomic E-state index is 12.3. The minimum absolute atomic E-state index is 0. The van der Waals surface area contributed by atoms with Gasteiger partial charge in [-0.05, 0) is 36.1 Å². The van der Waals surface area contributed by atoms with Gasteiger partial charge in [0.15, 0.2) is 5.75 Å². The Bertz CT molecular complexity index is 1450. The number of ether oxygens (including phenoxy) is 1. The second kappa shape index (κ2) is 13.5. The third kappa shape index (κ3) is 7.06. The smallest absolute Gasteiger partial charge is 0.465 e. The molecule has 2 heterocycles. The highest BCUT2D eigenvalue weighted by Gasteiger charge is 2.49. The summed E-state index contributed by atoms with van der Waals surface area (Å²) in [5.41, 5.74) is -4.21. The van der Waals surface area contributed by atoms with E-state index in [0.717, 1.165) is 6.07 Å². The van der Waals surface area contributed by atoms with Crippen molar-refractivity contribution >= 4 is 74.3 Å². The Labute approximate surface area is 248 Å². The summed E-state index contributed by atoms with van der Waals surface area (Å²) in [4.78, 5) is 34.7. The van der Waals surface area contributed by atoms with Crippen molar-refractivity contribution in [3.63, 3.8) is 0 Å². The monoisotopic (exact) mass is 668 g/mol. The lowest BCUT2D eigenvalue weighted by molar-refractivity contribution is -0.0500. The predicted octanol–water partition coefficient (Wildman–Crippen LogP) is 5.85. The van der Waals surface area contributed by atoms with Gasteiger partial charge in [0.05, 0.1) is 32.8 Å². The molecule has 2 aliphatic heterocycles. The molecule has 0 atom stereocenters. The number of fused-ring (bicyclic) bond motifs is 2. The summed E-state index contributed by atoms with van der Waals surface area (Å²) in [7, 11) is -4.65. The fourth-order valence-corrected chi connectivity index (χ4v) is 5.42. The molecule has 0 spiro atoms. The first-order chi connectivity index (χ1) is 17.6. The Morgan fingerprint density at radius 3 is 1.77 bits per heavy atom. The first-order valence-corrected chi connectivity index (χ1v) is 13.2. The molecule has 2 amide bonds. The van der Waals surface area contributed by atoms with E-state index in [1.165, 1.54) is 13.2 Å². The molecule has 0 aliphatic carbocycles. The van der Waals surface area contributed by atoms with Gasteiger partial charge in [-0.15, -0.1) is 0 Å². The molecule has 2 aromatic carbocycles. The van der Waals surface area contributed by atoms with Crippen LogP contribution in [0.2, 0.25) is 20.1 Å². The van der Waals surface area contributed by atoms with Crippen molar-refractivity contribution < 1.29 is 44.9 Å². The Hall–Kier alpha value is -2.45. The van der Waals surface area contributed by atoms with Crippen molar-refractivity contribution in [1.82, 2.24) is 10.6 Å². The van der Waals surface area contributed by atoms with Gasteiger partial charge in [0, 0.05) is 24.2 Å². The summed E-state index contributed by atoms with van der Waals surface area (Å²) >= 11 is 23.5. The van der Waals surface area contributed by atoms with Crippen LogP contribution in [0.4, 0.5) is 13.2 Å². The first-order valence-electron chi connectivity index (χ1n) is 10.3. The van der Waals surface area contributed by atoms with Gasteiger partial charge in [-0.3, -0.25) is 9.59 Å². The van der Waals surface area contributed by atoms with E-state index in [0.29, 0.717) is 24.1 Å². The Morgan fingerprint density at radius 1 is 0.875 bits per heavy atom. The van der Waals surface area contributed by atoms with Crippen LogP contribution in [0.15, 0.2) is 12.1 Å². The number of nitrogens with one attached hydrogen (secondary N) is 2. The highest BCUT2D eigenvalue weighted by Crippen LogP contribution is 2.41. The SMILES string of the molecule is C.C.COC(=O)c1c(Cl)cc2c(c1Cl)CCNC2=O.O=C1NCCc2c1cc(Cl)c(OS(=O)(=O)C(F)(F)F)c2Cl. The molecule has 2 aliphatic rings. The maximum absolute atomic E-state index is 12.3.